The molecule has 2 saturated heterocycles. The van der Waals surface area contributed by atoms with Crippen molar-refractivity contribution in [1.29, 1.82) is 0 Å². The highest BCUT2D eigenvalue weighted by molar-refractivity contribution is 5.10. The number of allylic oxidation sites excluding steroid dienone is 1. The lowest BCUT2D eigenvalue weighted by molar-refractivity contribution is -0.0669. The van der Waals surface area contributed by atoms with Crippen LogP contribution in [0, 0.1) is 0 Å². The summed E-state index contributed by atoms with van der Waals surface area (Å²) in [7, 11) is 0. The molecule has 3 unspecified atom stereocenters. The fraction of sp³-hybridized carbons (Fsp3) is 0.875. The molecule has 20 heavy (non-hydrogen) atoms. The molecule has 0 saturated carbocycles. The lowest BCUT2D eigenvalue weighted by Gasteiger charge is -2.40. The summed E-state index contributed by atoms with van der Waals surface area (Å²) in [4.78, 5) is 2.61. The monoisotopic (exact) mass is 280 g/mol. The maximum atomic E-state index is 6.18. The fourth-order valence-corrected chi connectivity index (χ4v) is 3.55. The number of morpholine rings is 1. The van der Waals surface area contributed by atoms with Gasteiger partial charge in [0.25, 0.3) is 0 Å². The van der Waals surface area contributed by atoms with Crippen molar-refractivity contribution in [2.45, 2.75) is 57.2 Å². The molecule has 0 spiro atoms. The maximum Gasteiger partial charge on any atom is 0.112 e. The Hall–Kier alpha value is -0.580. The first-order chi connectivity index (χ1) is 9.88. The number of nitrogens with zero attached hydrogens (tertiary/aromatic N) is 1. The van der Waals surface area contributed by atoms with E-state index in [4.69, 9.17) is 9.47 Å². The van der Waals surface area contributed by atoms with Crippen molar-refractivity contribution in [3.05, 3.63) is 11.8 Å². The van der Waals surface area contributed by atoms with E-state index in [0.717, 1.165) is 51.3 Å². The number of hydrogen-bond donors (Lipinski definition) is 1. The molecule has 0 aliphatic carbocycles. The average Bonchev–Trinajstić information content (AvgIpc) is 2.96. The summed E-state index contributed by atoms with van der Waals surface area (Å²) in [6.07, 6.45) is 8.55. The highest BCUT2D eigenvalue weighted by Gasteiger charge is 2.37. The second kappa shape index (κ2) is 6.92. The van der Waals surface area contributed by atoms with E-state index >= 15 is 0 Å². The van der Waals surface area contributed by atoms with Gasteiger partial charge < -0.3 is 14.8 Å². The molecule has 114 valence electrons. The predicted molar refractivity (Wildman–Crippen MR) is 79.7 cm³/mol. The van der Waals surface area contributed by atoms with E-state index in [1.54, 1.807) is 0 Å². The quantitative estimate of drug-likeness (QED) is 0.834. The van der Waals surface area contributed by atoms with E-state index in [-0.39, 0.29) is 12.1 Å². The van der Waals surface area contributed by atoms with Crippen LogP contribution < -0.4 is 5.32 Å². The molecule has 3 aliphatic rings. The van der Waals surface area contributed by atoms with Crippen molar-refractivity contribution in [3.63, 3.8) is 0 Å². The van der Waals surface area contributed by atoms with Gasteiger partial charge in [0.2, 0.25) is 0 Å². The van der Waals surface area contributed by atoms with Crippen LogP contribution in [0.5, 0.6) is 0 Å². The van der Waals surface area contributed by atoms with Gasteiger partial charge in [0.05, 0.1) is 25.4 Å². The molecule has 4 nitrogen and oxygen atoms in total. The van der Waals surface area contributed by atoms with Crippen molar-refractivity contribution < 1.29 is 9.47 Å². The standard InChI is InChI=1S/C16H28N2O2/c1-2-8-17-16(14-7-3-4-10-19-14)15-11-18-9-5-6-13(18)12-20-15/h7,13,15-17H,2-6,8-12H2,1H3. The highest BCUT2D eigenvalue weighted by Crippen LogP contribution is 2.26. The fourth-order valence-electron chi connectivity index (χ4n) is 3.55. The maximum absolute atomic E-state index is 6.18. The molecule has 4 heteroatoms. The molecule has 0 aromatic carbocycles. The summed E-state index contributed by atoms with van der Waals surface area (Å²) in [5.74, 6) is 1.12. The van der Waals surface area contributed by atoms with Gasteiger partial charge in [-0.25, -0.2) is 0 Å². The molecule has 1 N–H and O–H groups in total. The highest BCUT2D eigenvalue weighted by atomic mass is 16.5. The van der Waals surface area contributed by atoms with Crippen molar-refractivity contribution in [2.24, 2.45) is 0 Å². The van der Waals surface area contributed by atoms with Crippen molar-refractivity contribution in [1.82, 2.24) is 10.2 Å². The zero-order valence-electron chi connectivity index (χ0n) is 12.6. The minimum Gasteiger partial charge on any atom is -0.496 e. The Morgan fingerprint density at radius 2 is 2.40 bits per heavy atom. The number of nitrogens with one attached hydrogen (secondary N) is 1. The summed E-state index contributed by atoms with van der Waals surface area (Å²) < 4.78 is 12.1. The zero-order valence-corrected chi connectivity index (χ0v) is 12.6. The summed E-state index contributed by atoms with van der Waals surface area (Å²) >= 11 is 0. The Kier molecular flexibility index (Phi) is 4.97. The Balaban J connectivity index is 1.66. The number of ether oxygens (including phenoxy) is 2. The first-order valence-corrected chi connectivity index (χ1v) is 8.30. The van der Waals surface area contributed by atoms with Gasteiger partial charge in [-0.15, -0.1) is 0 Å². The minimum atomic E-state index is 0.233. The van der Waals surface area contributed by atoms with Crippen LogP contribution in [0.15, 0.2) is 11.8 Å². The predicted octanol–water partition coefficient (Wildman–Crippen LogP) is 1.91. The summed E-state index contributed by atoms with van der Waals surface area (Å²) in [5, 5.41) is 3.64. The molecule has 3 aliphatic heterocycles. The van der Waals surface area contributed by atoms with Crippen LogP contribution in [0.2, 0.25) is 0 Å². The first-order valence-electron chi connectivity index (χ1n) is 8.30. The van der Waals surface area contributed by atoms with Gasteiger partial charge >= 0.3 is 0 Å². The summed E-state index contributed by atoms with van der Waals surface area (Å²) in [6.45, 7) is 7.27. The molecule has 2 fully saturated rings. The summed E-state index contributed by atoms with van der Waals surface area (Å²) in [6, 6.07) is 0.899. The Morgan fingerprint density at radius 1 is 1.45 bits per heavy atom. The van der Waals surface area contributed by atoms with E-state index < -0.39 is 0 Å². The van der Waals surface area contributed by atoms with E-state index in [9.17, 15) is 0 Å². The molecular weight excluding hydrogens is 252 g/mol. The molecule has 0 radical (unpaired) electrons. The Bertz CT molecular complexity index is 345. The average molecular weight is 280 g/mol. The molecule has 0 aromatic rings. The number of rotatable bonds is 5. The van der Waals surface area contributed by atoms with Gasteiger partial charge in [-0.05, 0) is 51.3 Å². The number of fused-ring (bicyclic) bond motifs is 1. The second-order valence-corrected chi connectivity index (χ2v) is 6.19. The van der Waals surface area contributed by atoms with Crippen LogP contribution in [0.25, 0.3) is 0 Å². The molecule has 3 atom stereocenters. The van der Waals surface area contributed by atoms with Crippen LogP contribution in [-0.2, 0) is 9.47 Å². The number of hydrogen-bond acceptors (Lipinski definition) is 4. The van der Waals surface area contributed by atoms with Crippen molar-refractivity contribution in [2.75, 3.05) is 32.8 Å². The zero-order chi connectivity index (χ0) is 13.8. The SMILES string of the molecule is CCCNC(C1=CCCCO1)C1CN2CCCC2CO1. The van der Waals surface area contributed by atoms with E-state index in [2.05, 4.69) is 23.2 Å². The third-order valence-electron chi connectivity index (χ3n) is 4.67. The van der Waals surface area contributed by atoms with Gasteiger partial charge in [-0.3, -0.25) is 4.90 Å². The lowest BCUT2D eigenvalue weighted by atomic mass is 10.0. The van der Waals surface area contributed by atoms with Gasteiger partial charge in [-0.2, -0.15) is 0 Å². The molecule has 0 aromatic heterocycles. The molecular formula is C16H28N2O2. The normalized spacial score (nSPS) is 32.4. The van der Waals surface area contributed by atoms with Crippen LogP contribution >= 0.6 is 0 Å². The smallest absolute Gasteiger partial charge is 0.112 e. The van der Waals surface area contributed by atoms with Crippen LogP contribution in [0.3, 0.4) is 0 Å². The molecule has 0 amide bonds. The third-order valence-corrected chi connectivity index (χ3v) is 4.67. The largest absolute Gasteiger partial charge is 0.496 e. The summed E-state index contributed by atoms with van der Waals surface area (Å²) in [5.41, 5.74) is 0. The van der Waals surface area contributed by atoms with Crippen LogP contribution in [0.4, 0.5) is 0 Å². The minimum absolute atomic E-state index is 0.233. The molecule has 3 heterocycles. The van der Waals surface area contributed by atoms with Crippen molar-refractivity contribution in [3.8, 4) is 0 Å². The van der Waals surface area contributed by atoms with Gasteiger partial charge in [0.1, 0.15) is 5.76 Å². The Labute approximate surface area is 122 Å². The third kappa shape index (κ3) is 3.18. The van der Waals surface area contributed by atoms with E-state index in [0.29, 0.717) is 6.04 Å². The van der Waals surface area contributed by atoms with Crippen molar-refractivity contribution >= 4 is 0 Å². The first kappa shape index (κ1) is 14.4. The van der Waals surface area contributed by atoms with E-state index in [1.807, 2.05) is 0 Å². The van der Waals surface area contributed by atoms with E-state index in [1.165, 1.54) is 19.4 Å². The van der Waals surface area contributed by atoms with Gasteiger partial charge in [0.15, 0.2) is 0 Å². The Morgan fingerprint density at radius 3 is 3.20 bits per heavy atom. The topological polar surface area (TPSA) is 33.7 Å². The van der Waals surface area contributed by atoms with Gasteiger partial charge in [0, 0.05) is 12.6 Å². The second-order valence-electron chi connectivity index (χ2n) is 6.19. The lowest BCUT2D eigenvalue weighted by Crippen LogP contribution is -2.55. The van der Waals surface area contributed by atoms with Crippen LogP contribution in [-0.4, -0.2) is 55.9 Å². The van der Waals surface area contributed by atoms with Crippen LogP contribution in [0.1, 0.15) is 39.0 Å². The molecule has 0 bridgehead atoms. The van der Waals surface area contributed by atoms with Gasteiger partial charge in [-0.1, -0.05) is 6.92 Å². The molecule has 3 rings (SSSR count).